The first kappa shape index (κ1) is 12.7. The van der Waals surface area contributed by atoms with Gasteiger partial charge in [0.2, 0.25) is 0 Å². The zero-order valence-corrected chi connectivity index (χ0v) is 12.2. The fraction of sp³-hybridized carbons (Fsp3) is 0.0714. The third kappa shape index (κ3) is 2.68. The molecule has 0 saturated heterocycles. The SMILES string of the molecule is Clc1cccc(NCc2sc3ccccc3c2Cl)n1. The molecule has 3 aromatic rings. The van der Waals surface area contributed by atoms with Gasteiger partial charge in [0, 0.05) is 15.0 Å². The number of fused-ring (bicyclic) bond motifs is 1. The molecule has 0 spiro atoms. The third-order valence-corrected chi connectivity index (χ3v) is 4.67. The molecule has 0 bridgehead atoms. The first-order valence-corrected chi connectivity index (χ1v) is 7.33. The maximum Gasteiger partial charge on any atom is 0.131 e. The predicted molar refractivity (Wildman–Crippen MR) is 83.4 cm³/mol. The van der Waals surface area contributed by atoms with Gasteiger partial charge in [-0.3, -0.25) is 0 Å². The van der Waals surface area contributed by atoms with Gasteiger partial charge in [0.05, 0.1) is 11.6 Å². The fourth-order valence-corrected chi connectivity index (χ4v) is 3.46. The largest absolute Gasteiger partial charge is 0.365 e. The van der Waals surface area contributed by atoms with Crippen LogP contribution in [0.3, 0.4) is 0 Å². The molecule has 0 unspecified atom stereocenters. The Morgan fingerprint density at radius 1 is 1.05 bits per heavy atom. The Hall–Kier alpha value is -1.29. The van der Waals surface area contributed by atoms with Crippen molar-refractivity contribution in [2.45, 2.75) is 6.54 Å². The monoisotopic (exact) mass is 308 g/mol. The van der Waals surface area contributed by atoms with Crippen LogP contribution in [0.2, 0.25) is 10.2 Å². The molecule has 2 nitrogen and oxygen atoms in total. The van der Waals surface area contributed by atoms with Crippen molar-refractivity contribution in [1.29, 1.82) is 0 Å². The maximum absolute atomic E-state index is 6.38. The summed E-state index contributed by atoms with van der Waals surface area (Å²) in [5.74, 6) is 0.751. The topological polar surface area (TPSA) is 24.9 Å². The van der Waals surface area contributed by atoms with Crippen LogP contribution in [0.4, 0.5) is 5.82 Å². The second kappa shape index (κ2) is 5.37. The number of aromatic nitrogens is 1. The number of nitrogens with zero attached hydrogens (tertiary/aromatic N) is 1. The van der Waals surface area contributed by atoms with Gasteiger partial charge in [0.1, 0.15) is 11.0 Å². The second-order valence-corrected chi connectivity index (χ2v) is 5.94. The Bertz CT molecular complexity index is 724. The number of pyridine rings is 1. The summed E-state index contributed by atoms with van der Waals surface area (Å²) in [4.78, 5) is 5.29. The number of rotatable bonds is 3. The molecule has 2 heterocycles. The molecule has 0 aliphatic carbocycles. The van der Waals surface area contributed by atoms with Gasteiger partial charge in [0.15, 0.2) is 0 Å². The molecule has 1 N–H and O–H groups in total. The molecule has 3 rings (SSSR count). The summed E-state index contributed by atoms with van der Waals surface area (Å²) in [5, 5.41) is 5.63. The number of anilines is 1. The van der Waals surface area contributed by atoms with E-state index in [0.29, 0.717) is 11.7 Å². The van der Waals surface area contributed by atoms with Crippen molar-refractivity contribution in [2.24, 2.45) is 0 Å². The molecule has 0 amide bonds. The lowest BCUT2D eigenvalue weighted by molar-refractivity contribution is 1.14. The van der Waals surface area contributed by atoms with Crippen molar-refractivity contribution in [3.8, 4) is 0 Å². The fourth-order valence-electron chi connectivity index (χ4n) is 1.86. The van der Waals surface area contributed by atoms with Gasteiger partial charge in [0.25, 0.3) is 0 Å². The van der Waals surface area contributed by atoms with Crippen molar-refractivity contribution in [3.63, 3.8) is 0 Å². The van der Waals surface area contributed by atoms with Crippen molar-refractivity contribution in [3.05, 3.63) is 57.5 Å². The van der Waals surface area contributed by atoms with E-state index in [4.69, 9.17) is 23.2 Å². The van der Waals surface area contributed by atoms with E-state index in [2.05, 4.69) is 16.4 Å². The van der Waals surface area contributed by atoms with Gasteiger partial charge in [-0.1, -0.05) is 47.5 Å². The van der Waals surface area contributed by atoms with Crippen LogP contribution in [-0.2, 0) is 6.54 Å². The Morgan fingerprint density at radius 2 is 1.89 bits per heavy atom. The van der Waals surface area contributed by atoms with Crippen molar-refractivity contribution in [1.82, 2.24) is 4.98 Å². The van der Waals surface area contributed by atoms with Gasteiger partial charge in [-0.25, -0.2) is 4.98 Å². The van der Waals surface area contributed by atoms with Crippen molar-refractivity contribution >= 4 is 50.4 Å². The van der Waals surface area contributed by atoms with Gasteiger partial charge >= 0.3 is 0 Å². The van der Waals surface area contributed by atoms with Crippen LogP contribution < -0.4 is 5.32 Å². The van der Waals surface area contributed by atoms with E-state index in [0.717, 1.165) is 21.1 Å². The summed E-state index contributed by atoms with van der Waals surface area (Å²) in [5.41, 5.74) is 0. The molecule has 2 aromatic heterocycles. The van der Waals surface area contributed by atoms with Crippen LogP contribution in [0, 0.1) is 0 Å². The molecule has 0 aliphatic heterocycles. The standard InChI is InChI=1S/C14H10Cl2N2S/c15-12-6-3-7-13(18-12)17-8-11-14(16)9-4-1-2-5-10(9)19-11/h1-7H,8H2,(H,17,18). The highest BCUT2D eigenvalue weighted by Crippen LogP contribution is 2.35. The smallest absolute Gasteiger partial charge is 0.131 e. The molecular weight excluding hydrogens is 299 g/mol. The minimum absolute atomic E-state index is 0.479. The second-order valence-electron chi connectivity index (χ2n) is 4.03. The summed E-state index contributed by atoms with van der Waals surface area (Å²) in [6.07, 6.45) is 0. The third-order valence-electron chi connectivity index (χ3n) is 2.75. The summed E-state index contributed by atoms with van der Waals surface area (Å²) < 4.78 is 1.20. The zero-order valence-electron chi connectivity index (χ0n) is 9.86. The molecular formula is C14H10Cl2N2S. The molecule has 1 aromatic carbocycles. The summed E-state index contributed by atoms with van der Waals surface area (Å²) in [6, 6.07) is 13.6. The number of hydrogen-bond acceptors (Lipinski definition) is 3. The van der Waals surface area contributed by atoms with Gasteiger partial charge in [-0.05, 0) is 18.2 Å². The van der Waals surface area contributed by atoms with Crippen LogP contribution in [0.5, 0.6) is 0 Å². The van der Waals surface area contributed by atoms with Crippen LogP contribution in [0.1, 0.15) is 4.88 Å². The Balaban J connectivity index is 1.84. The highest BCUT2D eigenvalue weighted by Gasteiger charge is 2.09. The molecule has 5 heteroatoms. The lowest BCUT2D eigenvalue weighted by Gasteiger charge is -2.04. The zero-order chi connectivity index (χ0) is 13.2. The first-order valence-electron chi connectivity index (χ1n) is 5.76. The number of hydrogen-bond donors (Lipinski definition) is 1. The van der Waals surface area contributed by atoms with Gasteiger partial charge in [-0.15, -0.1) is 11.3 Å². The highest BCUT2D eigenvalue weighted by atomic mass is 35.5. The maximum atomic E-state index is 6.38. The van der Waals surface area contributed by atoms with Crippen molar-refractivity contribution in [2.75, 3.05) is 5.32 Å². The predicted octanol–water partition coefficient (Wildman–Crippen LogP) is 5.22. The average molecular weight is 309 g/mol. The molecule has 0 saturated carbocycles. The molecule has 0 aliphatic rings. The van der Waals surface area contributed by atoms with E-state index < -0.39 is 0 Å². The van der Waals surface area contributed by atoms with E-state index in [-0.39, 0.29) is 0 Å². The van der Waals surface area contributed by atoms with E-state index in [1.165, 1.54) is 4.70 Å². The van der Waals surface area contributed by atoms with E-state index in [9.17, 15) is 0 Å². The number of benzene rings is 1. The summed E-state index contributed by atoms with van der Waals surface area (Å²) in [6.45, 7) is 0.644. The quantitative estimate of drug-likeness (QED) is 0.671. The van der Waals surface area contributed by atoms with Gasteiger partial charge in [-0.2, -0.15) is 0 Å². The van der Waals surface area contributed by atoms with E-state index >= 15 is 0 Å². The molecule has 19 heavy (non-hydrogen) atoms. The van der Waals surface area contributed by atoms with Crippen LogP contribution in [0.25, 0.3) is 10.1 Å². The van der Waals surface area contributed by atoms with E-state index in [1.807, 2.05) is 30.3 Å². The number of nitrogens with one attached hydrogen (secondary N) is 1. The normalized spacial score (nSPS) is 10.8. The Kier molecular flexibility index (Phi) is 3.60. The van der Waals surface area contributed by atoms with Crippen LogP contribution in [-0.4, -0.2) is 4.98 Å². The van der Waals surface area contributed by atoms with Crippen molar-refractivity contribution < 1.29 is 0 Å². The highest BCUT2D eigenvalue weighted by molar-refractivity contribution is 7.19. The number of halogens is 2. The van der Waals surface area contributed by atoms with E-state index in [1.54, 1.807) is 17.4 Å². The molecule has 0 atom stereocenters. The molecule has 0 fully saturated rings. The molecule has 96 valence electrons. The van der Waals surface area contributed by atoms with Crippen LogP contribution in [0.15, 0.2) is 42.5 Å². The lowest BCUT2D eigenvalue weighted by Crippen LogP contribution is -1.99. The lowest BCUT2D eigenvalue weighted by atomic mass is 10.2. The number of thiophene rings is 1. The van der Waals surface area contributed by atoms with Crippen LogP contribution >= 0.6 is 34.5 Å². The Labute approximate surface area is 125 Å². The summed E-state index contributed by atoms with van der Waals surface area (Å²) in [7, 11) is 0. The first-order chi connectivity index (χ1) is 9.24. The Morgan fingerprint density at radius 3 is 2.68 bits per heavy atom. The summed E-state index contributed by atoms with van der Waals surface area (Å²) >= 11 is 13.9. The average Bonchev–Trinajstić information content (AvgIpc) is 2.74. The minimum atomic E-state index is 0.479. The van der Waals surface area contributed by atoms with Gasteiger partial charge < -0.3 is 5.32 Å². The molecule has 0 radical (unpaired) electrons. The minimum Gasteiger partial charge on any atom is -0.365 e.